The number of benzene rings is 2. The van der Waals surface area contributed by atoms with Crippen molar-refractivity contribution in [3.05, 3.63) is 53.3 Å². The van der Waals surface area contributed by atoms with Crippen molar-refractivity contribution in [3.8, 4) is 11.5 Å². The van der Waals surface area contributed by atoms with E-state index in [0.717, 1.165) is 31.2 Å². The van der Waals surface area contributed by atoms with Crippen molar-refractivity contribution in [2.75, 3.05) is 43.6 Å². The summed E-state index contributed by atoms with van der Waals surface area (Å²) in [5.74, 6) is -1.66. The van der Waals surface area contributed by atoms with Gasteiger partial charge < -0.3 is 19.5 Å². The third-order valence-corrected chi connectivity index (χ3v) is 11.3. The first-order chi connectivity index (χ1) is 21.5. The Balaban J connectivity index is 1.49. The maximum Gasteiger partial charge on any atom is 0.308 e. The van der Waals surface area contributed by atoms with Gasteiger partial charge in [-0.25, -0.2) is 17.1 Å². The minimum atomic E-state index is -3.38. The number of amides is 1. The number of aryl methyl sites for hydroxylation is 1. The van der Waals surface area contributed by atoms with Crippen LogP contribution in [0.2, 0.25) is 0 Å². The summed E-state index contributed by atoms with van der Waals surface area (Å²) in [7, 11) is -3.38. The van der Waals surface area contributed by atoms with E-state index in [1.54, 1.807) is 30.0 Å². The zero-order valence-corrected chi connectivity index (χ0v) is 27.1. The number of nitrogens with zero attached hydrogens (tertiary/aromatic N) is 3. The van der Waals surface area contributed by atoms with Crippen LogP contribution in [0.5, 0.6) is 11.5 Å². The Morgan fingerprint density at radius 2 is 1.82 bits per heavy atom. The number of halogens is 1. The largest absolute Gasteiger partial charge is 0.481 e. The van der Waals surface area contributed by atoms with Gasteiger partial charge in [0.25, 0.3) is 0 Å². The number of likely N-dealkylation sites (tertiary alicyclic amines) is 1. The molecule has 12 heteroatoms. The third-order valence-electron chi connectivity index (χ3n) is 9.37. The normalized spacial score (nSPS) is 22.7. The van der Waals surface area contributed by atoms with E-state index < -0.39 is 33.9 Å². The molecule has 10 nitrogen and oxygen atoms in total. The second-order valence-electron chi connectivity index (χ2n) is 12.4. The highest BCUT2D eigenvalue weighted by atomic mass is 32.2. The monoisotopic (exact) mass is 645 g/mol. The van der Waals surface area contributed by atoms with Crippen molar-refractivity contribution in [2.24, 2.45) is 5.92 Å². The molecule has 2 fully saturated rings. The van der Waals surface area contributed by atoms with Gasteiger partial charge in [0.15, 0.2) is 11.5 Å². The van der Waals surface area contributed by atoms with Crippen LogP contribution in [-0.4, -0.2) is 85.4 Å². The highest BCUT2D eigenvalue weighted by molar-refractivity contribution is 7.89. The predicted molar refractivity (Wildman–Crippen MR) is 169 cm³/mol. The Bertz CT molecular complexity index is 1500. The van der Waals surface area contributed by atoms with Crippen molar-refractivity contribution in [1.82, 2.24) is 9.21 Å². The van der Waals surface area contributed by atoms with Crippen molar-refractivity contribution in [1.29, 1.82) is 0 Å². The van der Waals surface area contributed by atoms with Crippen molar-refractivity contribution in [2.45, 2.75) is 77.3 Å². The van der Waals surface area contributed by atoms with E-state index in [-0.39, 0.29) is 49.8 Å². The Morgan fingerprint density at radius 1 is 1.09 bits per heavy atom. The Kier molecular flexibility index (Phi) is 10.3. The molecule has 2 aromatic carbocycles. The molecule has 0 spiro atoms. The van der Waals surface area contributed by atoms with E-state index in [1.165, 1.54) is 10.4 Å². The zero-order chi connectivity index (χ0) is 32.3. The van der Waals surface area contributed by atoms with Crippen LogP contribution in [0.25, 0.3) is 0 Å². The molecule has 3 unspecified atom stereocenters. The number of rotatable bonds is 13. The molecule has 246 valence electrons. The van der Waals surface area contributed by atoms with Gasteiger partial charge in [0.05, 0.1) is 18.2 Å². The van der Waals surface area contributed by atoms with Crippen LogP contribution < -0.4 is 14.4 Å². The smallest absolute Gasteiger partial charge is 0.308 e. The van der Waals surface area contributed by atoms with Crippen LogP contribution in [0.1, 0.15) is 69.4 Å². The number of carbonyl (C=O) groups is 2. The summed E-state index contributed by atoms with van der Waals surface area (Å²) in [6.07, 6.45) is 4.07. The standard InChI is InChI=1S/C33H44FN3O7S/c1-4-7-24(8-5-2)37(25-10-11-27(34)22(3)17-25)31(38)20-35-19-26(23-9-12-29-30(18-23)44-21-43-29)32(33(39)40)28(35)13-15-36-14-6-16-45(36,41)42/h9-12,17-18,24,26,28,32H,4-8,13-16,19-21H2,1-3H3,(H,39,40). The summed E-state index contributed by atoms with van der Waals surface area (Å²) in [5.41, 5.74) is 1.82. The van der Waals surface area contributed by atoms with E-state index in [9.17, 15) is 27.5 Å². The van der Waals surface area contributed by atoms with Gasteiger partial charge in [0.2, 0.25) is 22.7 Å². The maximum absolute atomic E-state index is 14.4. The molecular formula is C33H44FN3O7S. The average molecular weight is 646 g/mol. The van der Waals surface area contributed by atoms with Gasteiger partial charge in [0.1, 0.15) is 5.82 Å². The lowest BCUT2D eigenvalue weighted by Crippen LogP contribution is -2.48. The number of sulfonamides is 1. The summed E-state index contributed by atoms with van der Waals surface area (Å²) in [6.45, 7) is 6.73. The highest BCUT2D eigenvalue weighted by Gasteiger charge is 2.48. The molecular weight excluding hydrogens is 601 g/mol. The van der Waals surface area contributed by atoms with Crippen LogP contribution >= 0.6 is 0 Å². The topological polar surface area (TPSA) is 117 Å². The van der Waals surface area contributed by atoms with E-state index in [1.807, 2.05) is 17.0 Å². The number of carboxylic acid groups (broad SMARTS) is 1. The first kappa shape index (κ1) is 33.2. The molecule has 0 aromatic heterocycles. The van der Waals surface area contributed by atoms with Gasteiger partial charge >= 0.3 is 5.97 Å². The summed E-state index contributed by atoms with van der Waals surface area (Å²) < 4.78 is 52.0. The second-order valence-corrected chi connectivity index (χ2v) is 14.5. The van der Waals surface area contributed by atoms with Crippen molar-refractivity contribution >= 4 is 27.6 Å². The number of ether oxygens (including phenoxy) is 2. The van der Waals surface area contributed by atoms with E-state index in [2.05, 4.69) is 13.8 Å². The van der Waals surface area contributed by atoms with Crippen molar-refractivity contribution < 1.29 is 37.0 Å². The quantitative estimate of drug-likeness (QED) is 0.332. The molecule has 3 heterocycles. The molecule has 0 radical (unpaired) electrons. The molecule has 45 heavy (non-hydrogen) atoms. The highest BCUT2D eigenvalue weighted by Crippen LogP contribution is 2.43. The minimum Gasteiger partial charge on any atom is -0.481 e. The number of fused-ring (bicyclic) bond motifs is 1. The Hall–Kier alpha value is -3.22. The molecule has 0 bridgehead atoms. The average Bonchev–Trinajstić information content (AvgIpc) is 3.70. The van der Waals surface area contributed by atoms with Gasteiger partial charge in [-0.2, -0.15) is 0 Å². The molecule has 2 saturated heterocycles. The van der Waals surface area contributed by atoms with Gasteiger partial charge in [-0.15, -0.1) is 0 Å². The Labute approximate surface area is 265 Å². The number of anilines is 1. The molecule has 2 aromatic rings. The van der Waals surface area contributed by atoms with Gasteiger partial charge in [0, 0.05) is 43.3 Å². The lowest BCUT2D eigenvalue weighted by molar-refractivity contribution is -0.143. The van der Waals surface area contributed by atoms with E-state index in [0.29, 0.717) is 42.3 Å². The molecule has 3 aliphatic heterocycles. The fourth-order valence-corrected chi connectivity index (χ4v) is 8.75. The molecule has 1 amide bonds. The number of hydrogen-bond donors (Lipinski definition) is 1. The number of carbonyl (C=O) groups excluding carboxylic acids is 1. The lowest BCUT2D eigenvalue weighted by Gasteiger charge is -2.35. The van der Waals surface area contributed by atoms with Crippen LogP contribution in [0, 0.1) is 18.7 Å². The predicted octanol–water partition coefficient (Wildman–Crippen LogP) is 4.76. The van der Waals surface area contributed by atoms with Crippen LogP contribution in [-0.2, 0) is 19.6 Å². The second kappa shape index (κ2) is 14.0. The molecule has 5 rings (SSSR count). The van der Waals surface area contributed by atoms with Gasteiger partial charge in [-0.1, -0.05) is 32.8 Å². The van der Waals surface area contributed by atoms with Crippen molar-refractivity contribution in [3.63, 3.8) is 0 Å². The summed E-state index contributed by atoms with van der Waals surface area (Å²) in [5, 5.41) is 10.6. The molecule has 3 aliphatic rings. The minimum absolute atomic E-state index is 0.0530. The number of carboxylic acids is 1. The third kappa shape index (κ3) is 7.12. The summed E-state index contributed by atoms with van der Waals surface area (Å²) >= 11 is 0. The maximum atomic E-state index is 14.4. The fraction of sp³-hybridized carbons (Fsp3) is 0.576. The lowest BCUT2D eigenvalue weighted by atomic mass is 9.84. The van der Waals surface area contributed by atoms with Crippen LogP contribution in [0.15, 0.2) is 36.4 Å². The SMILES string of the molecule is CCCC(CCC)N(C(=O)CN1CC(c2ccc3c(c2)OCO3)C(C(=O)O)C1CCN1CCCS1(=O)=O)c1ccc(F)c(C)c1. The summed E-state index contributed by atoms with van der Waals surface area (Å²) in [6, 6.07) is 9.43. The fourth-order valence-electron chi connectivity index (χ4n) is 7.21. The molecule has 1 N–H and O–H groups in total. The molecule has 3 atom stereocenters. The van der Waals surface area contributed by atoms with Gasteiger partial charge in [-0.3, -0.25) is 14.5 Å². The molecule has 0 saturated carbocycles. The van der Waals surface area contributed by atoms with E-state index >= 15 is 0 Å². The number of hydrogen-bond acceptors (Lipinski definition) is 7. The summed E-state index contributed by atoms with van der Waals surface area (Å²) in [4.78, 5) is 31.0. The Morgan fingerprint density at radius 3 is 2.47 bits per heavy atom. The van der Waals surface area contributed by atoms with Crippen LogP contribution in [0.4, 0.5) is 10.1 Å². The van der Waals surface area contributed by atoms with Gasteiger partial charge in [-0.05, 0) is 74.1 Å². The first-order valence-electron chi connectivity index (χ1n) is 16.0. The first-order valence-corrected chi connectivity index (χ1v) is 17.6. The zero-order valence-electron chi connectivity index (χ0n) is 26.3. The molecule has 0 aliphatic carbocycles. The van der Waals surface area contributed by atoms with Crippen LogP contribution in [0.3, 0.4) is 0 Å². The van der Waals surface area contributed by atoms with E-state index in [4.69, 9.17) is 9.47 Å². The number of aliphatic carboxylic acids is 1.